The number of benzene rings is 2. The van der Waals surface area contributed by atoms with Gasteiger partial charge in [0.15, 0.2) is 0 Å². The van der Waals surface area contributed by atoms with Gasteiger partial charge in [0.2, 0.25) is 0 Å². The lowest BCUT2D eigenvalue weighted by Gasteiger charge is -2.15. The molecule has 1 N–H and O–H groups in total. The topological polar surface area (TPSA) is 47.6 Å². The summed E-state index contributed by atoms with van der Waals surface area (Å²) in [7, 11) is 1.45. The van der Waals surface area contributed by atoms with E-state index < -0.39 is 6.61 Å². The first-order valence-electron chi connectivity index (χ1n) is 5.98. The van der Waals surface area contributed by atoms with Gasteiger partial charge in [-0.1, -0.05) is 24.3 Å². The standard InChI is InChI=1S/C14H11F2NO3/c1-19-12-8-5-3-2-4-7(8)11(20-14(15)16)9-6-17-13(18)10(9)12/h2-5,14H,6H2,1H3,(H,17,18). The van der Waals surface area contributed by atoms with Gasteiger partial charge in [0, 0.05) is 22.9 Å². The number of ether oxygens (including phenoxy) is 2. The maximum Gasteiger partial charge on any atom is 0.387 e. The molecular weight excluding hydrogens is 268 g/mol. The second-order valence-electron chi connectivity index (χ2n) is 4.32. The highest BCUT2D eigenvalue weighted by Gasteiger charge is 2.31. The van der Waals surface area contributed by atoms with Crippen molar-refractivity contribution >= 4 is 16.7 Å². The van der Waals surface area contributed by atoms with E-state index in [1.807, 2.05) is 0 Å². The zero-order valence-corrected chi connectivity index (χ0v) is 10.6. The van der Waals surface area contributed by atoms with Gasteiger partial charge in [-0.25, -0.2) is 0 Å². The maximum atomic E-state index is 12.6. The monoisotopic (exact) mass is 279 g/mol. The van der Waals surface area contributed by atoms with Crippen LogP contribution in [0.5, 0.6) is 11.5 Å². The van der Waals surface area contributed by atoms with E-state index in [2.05, 4.69) is 10.1 Å². The number of hydrogen-bond acceptors (Lipinski definition) is 3. The number of methoxy groups -OCH3 is 1. The van der Waals surface area contributed by atoms with Gasteiger partial charge in [-0.3, -0.25) is 4.79 Å². The summed E-state index contributed by atoms with van der Waals surface area (Å²) in [6.07, 6.45) is 0. The Morgan fingerprint density at radius 2 is 1.85 bits per heavy atom. The molecule has 1 aliphatic heterocycles. The van der Waals surface area contributed by atoms with Crippen LogP contribution in [-0.2, 0) is 6.54 Å². The van der Waals surface area contributed by atoms with E-state index in [-0.39, 0.29) is 23.8 Å². The van der Waals surface area contributed by atoms with E-state index in [1.54, 1.807) is 24.3 Å². The number of amides is 1. The van der Waals surface area contributed by atoms with Crippen LogP contribution in [0.2, 0.25) is 0 Å². The summed E-state index contributed by atoms with van der Waals surface area (Å²) in [6.45, 7) is -2.80. The van der Waals surface area contributed by atoms with Crippen LogP contribution in [0.3, 0.4) is 0 Å². The van der Waals surface area contributed by atoms with Gasteiger partial charge in [-0.15, -0.1) is 0 Å². The van der Waals surface area contributed by atoms with Crippen LogP contribution < -0.4 is 14.8 Å². The first kappa shape index (κ1) is 12.7. The second-order valence-corrected chi connectivity index (χ2v) is 4.32. The van der Waals surface area contributed by atoms with Crippen molar-refractivity contribution in [3.63, 3.8) is 0 Å². The second kappa shape index (κ2) is 4.63. The molecule has 0 atom stereocenters. The number of halogens is 2. The number of nitrogens with one attached hydrogen (secondary N) is 1. The highest BCUT2D eigenvalue weighted by atomic mass is 19.3. The number of fused-ring (bicyclic) bond motifs is 2. The Morgan fingerprint density at radius 3 is 2.45 bits per heavy atom. The molecule has 0 saturated carbocycles. The third kappa shape index (κ3) is 1.76. The Kier molecular flexibility index (Phi) is 2.93. The van der Waals surface area contributed by atoms with Crippen LogP contribution in [0.15, 0.2) is 24.3 Å². The van der Waals surface area contributed by atoms with Gasteiger partial charge in [0.05, 0.1) is 12.7 Å². The first-order chi connectivity index (χ1) is 9.63. The quantitative estimate of drug-likeness (QED) is 0.939. The maximum absolute atomic E-state index is 12.6. The van der Waals surface area contributed by atoms with Gasteiger partial charge < -0.3 is 14.8 Å². The number of alkyl halides is 2. The van der Waals surface area contributed by atoms with Crippen LogP contribution in [0, 0.1) is 0 Å². The largest absolute Gasteiger partial charge is 0.495 e. The van der Waals surface area contributed by atoms with Crippen molar-refractivity contribution in [2.24, 2.45) is 0 Å². The van der Waals surface area contributed by atoms with Crippen molar-refractivity contribution in [2.45, 2.75) is 13.2 Å². The van der Waals surface area contributed by atoms with E-state index in [4.69, 9.17) is 4.74 Å². The van der Waals surface area contributed by atoms with E-state index in [0.717, 1.165) is 0 Å². The summed E-state index contributed by atoms with van der Waals surface area (Å²) < 4.78 is 35.2. The molecule has 4 nitrogen and oxygen atoms in total. The third-order valence-corrected chi connectivity index (χ3v) is 3.28. The van der Waals surface area contributed by atoms with E-state index in [1.165, 1.54) is 7.11 Å². The van der Waals surface area contributed by atoms with E-state index >= 15 is 0 Å². The van der Waals surface area contributed by atoms with Gasteiger partial charge in [0.1, 0.15) is 11.5 Å². The molecule has 0 radical (unpaired) electrons. The molecular formula is C14H11F2NO3. The highest BCUT2D eigenvalue weighted by Crippen LogP contribution is 2.43. The Morgan fingerprint density at radius 1 is 1.20 bits per heavy atom. The summed E-state index contributed by atoms with van der Waals surface area (Å²) in [6, 6.07) is 6.84. The molecule has 0 spiro atoms. The molecule has 0 bridgehead atoms. The average Bonchev–Trinajstić information content (AvgIpc) is 2.81. The van der Waals surface area contributed by atoms with Gasteiger partial charge in [-0.05, 0) is 0 Å². The predicted octanol–water partition coefficient (Wildman–Crippen LogP) is 2.69. The number of carbonyl (C=O) groups excluding carboxylic acids is 1. The molecule has 1 aliphatic rings. The predicted molar refractivity (Wildman–Crippen MR) is 68.3 cm³/mol. The Hall–Kier alpha value is -2.37. The Balaban J connectivity index is 2.40. The minimum Gasteiger partial charge on any atom is -0.495 e. The van der Waals surface area contributed by atoms with Crippen molar-refractivity contribution in [1.29, 1.82) is 0 Å². The van der Waals surface area contributed by atoms with Gasteiger partial charge >= 0.3 is 6.61 Å². The molecule has 1 amide bonds. The molecule has 104 valence electrons. The molecule has 0 unspecified atom stereocenters. The fourth-order valence-corrected chi connectivity index (χ4v) is 2.53. The van der Waals surface area contributed by atoms with Crippen LogP contribution in [-0.4, -0.2) is 19.6 Å². The summed E-state index contributed by atoms with van der Waals surface area (Å²) in [5.41, 5.74) is 0.674. The molecule has 3 rings (SSSR count). The summed E-state index contributed by atoms with van der Waals surface area (Å²) in [5, 5.41) is 3.68. The fraction of sp³-hybridized carbons (Fsp3) is 0.214. The highest BCUT2D eigenvalue weighted by molar-refractivity contribution is 6.09. The molecule has 20 heavy (non-hydrogen) atoms. The average molecular weight is 279 g/mol. The van der Waals surface area contributed by atoms with Crippen LogP contribution in [0.1, 0.15) is 15.9 Å². The molecule has 1 heterocycles. The zero-order valence-electron chi connectivity index (χ0n) is 10.6. The third-order valence-electron chi connectivity index (χ3n) is 3.28. The van der Waals surface area contributed by atoms with Crippen molar-refractivity contribution in [2.75, 3.05) is 7.11 Å². The van der Waals surface area contributed by atoms with Crippen molar-refractivity contribution in [3.8, 4) is 11.5 Å². The summed E-state index contributed by atoms with van der Waals surface area (Å²) in [5.74, 6) is 0.0682. The lowest BCUT2D eigenvalue weighted by Crippen LogP contribution is -2.13. The number of hydrogen-bond donors (Lipinski definition) is 1. The van der Waals surface area contributed by atoms with Crippen LogP contribution in [0.4, 0.5) is 8.78 Å². The molecule has 2 aromatic rings. The summed E-state index contributed by atoms with van der Waals surface area (Å²) in [4.78, 5) is 11.9. The van der Waals surface area contributed by atoms with E-state index in [9.17, 15) is 13.6 Å². The number of carbonyl (C=O) groups is 1. The normalized spacial score (nSPS) is 13.5. The fourth-order valence-electron chi connectivity index (χ4n) is 2.53. The van der Waals surface area contributed by atoms with Crippen molar-refractivity contribution in [3.05, 3.63) is 35.4 Å². The van der Waals surface area contributed by atoms with Crippen LogP contribution >= 0.6 is 0 Å². The molecule has 2 aromatic carbocycles. The molecule has 0 fully saturated rings. The minimum atomic E-state index is -2.95. The zero-order chi connectivity index (χ0) is 14.3. The lowest BCUT2D eigenvalue weighted by atomic mass is 9.99. The van der Waals surface area contributed by atoms with Crippen molar-refractivity contribution in [1.82, 2.24) is 5.32 Å². The lowest BCUT2D eigenvalue weighted by molar-refractivity contribution is -0.0493. The SMILES string of the molecule is COc1c2c(c(OC(F)F)c3ccccc13)CNC2=O. The van der Waals surface area contributed by atoms with Gasteiger partial charge in [0.25, 0.3) is 5.91 Å². The minimum absolute atomic E-state index is 0.0322. The van der Waals surface area contributed by atoms with Gasteiger partial charge in [-0.2, -0.15) is 8.78 Å². The molecule has 0 aliphatic carbocycles. The summed E-state index contributed by atoms with van der Waals surface area (Å²) >= 11 is 0. The Labute approximate surface area is 113 Å². The Bertz CT molecular complexity index is 700. The van der Waals surface area contributed by atoms with Crippen LogP contribution in [0.25, 0.3) is 10.8 Å². The molecule has 0 saturated heterocycles. The van der Waals surface area contributed by atoms with Crippen molar-refractivity contribution < 1.29 is 23.0 Å². The first-order valence-corrected chi connectivity index (χ1v) is 5.98. The molecule has 0 aromatic heterocycles. The van der Waals surface area contributed by atoms with E-state index in [0.29, 0.717) is 22.1 Å². The number of rotatable bonds is 3. The molecule has 6 heteroatoms. The smallest absolute Gasteiger partial charge is 0.387 e.